The number of imidazole rings is 1. The molecule has 6 nitrogen and oxygen atoms in total. The van der Waals surface area contributed by atoms with E-state index >= 15 is 0 Å². The molecule has 98 valence electrons. The van der Waals surface area contributed by atoms with Gasteiger partial charge < -0.3 is 9.67 Å². The van der Waals surface area contributed by atoms with Crippen molar-refractivity contribution in [3.05, 3.63) is 24.0 Å². The minimum absolute atomic E-state index is 0.01000. The maximum atomic E-state index is 9.10. The predicted octanol–water partition coefficient (Wildman–Crippen LogP) is 1.21. The molecule has 0 fully saturated rings. The Morgan fingerprint density at radius 1 is 1.39 bits per heavy atom. The van der Waals surface area contributed by atoms with Crippen molar-refractivity contribution in [1.29, 1.82) is 0 Å². The van der Waals surface area contributed by atoms with Crippen LogP contribution < -0.4 is 0 Å². The molecule has 2 heterocycles. The summed E-state index contributed by atoms with van der Waals surface area (Å²) in [4.78, 5) is 8.52. The van der Waals surface area contributed by atoms with Gasteiger partial charge in [0.2, 0.25) is 0 Å². The van der Waals surface area contributed by atoms with Crippen molar-refractivity contribution >= 4 is 11.8 Å². The van der Waals surface area contributed by atoms with Crippen molar-refractivity contribution in [2.45, 2.75) is 37.4 Å². The lowest BCUT2D eigenvalue weighted by Crippen LogP contribution is -2.04. The first kappa shape index (κ1) is 13.1. The van der Waals surface area contributed by atoms with Crippen LogP contribution in [0.5, 0.6) is 0 Å². The van der Waals surface area contributed by atoms with Crippen molar-refractivity contribution in [3.8, 4) is 0 Å². The molecule has 0 amide bonds. The van der Waals surface area contributed by atoms with E-state index in [2.05, 4.69) is 22.0 Å². The number of hydrogen-bond acceptors (Lipinski definition) is 5. The summed E-state index contributed by atoms with van der Waals surface area (Å²) >= 11 is 1.60. The fourth-order valence-corrected chi connectivity index (χ4v) is 2.55. The van der Waals surface area contributed by atoms with Crippen molar-refractivity contribution in [1.82, 2.24) is 24.3 Å². The highest BCUT2D eigenvalue weighted by Crippen LogP contribution is 2.21. The van der Waals surface area contributed by atoms with Crippen LogP contribution in [0.4, 0.5) is 0 Å². The van der Waals surface area contributed by atoms with Crippen molar-refractivity contribution in [2.75, 3.05) is 0 Å². The molecule has 0 aliphatic carbocycles. The molecule has 0 bridgehead atoms. The van der Waals surface area contributed by atoms with Crippen LogP contribution in [0.3, 0.4) is 0 Å². The Hall–Kier alpha value is -1.34. The molecule has 0 atom stereocenters. The topological polar surface area (TPSA) is 68.8 Å². The largest absolute Gasteiger partial charge is 0.390 e. The van der Waals surface area contributed by atoms with Crippen molar-refractivity contribution in [3.63, 3.8) is 0 Å². The second kappa shape index (κ2) is 6.01. The van der Waals surface area contributed by atoms with Crippen LogP contribution in [-0.2, 0) is 26.0 Å². The van der Waals surface area contributed by atoms with Crippen LogP contribution in [0.1, 0.15) is 24.9 Å². The van der Waals surface area contributed by atoms with Crippen molar-refractivity contribution < 1.29 is 5.11 Å². The van der Waals surface area contributed by atoms with Gasteiger partial charge in [-0.2, -0.15) is 5.10 Å². The summed E-state index contributed by atoms with van der Waals surface area (Å²) in [5.74, 6) is 1.69. The van der Waals surface area contributed by atoms with Crippen LogP contribution in [0.2, 0.25) is 0 Å². The molecule has 0 unspecified atom stereocenters. The third kappa shape index (κ3) is 2.73. The van der Waals surface area contributed by atoms with Crippen LogP contribution in [-0.4, -0.2) is 29.4 Å². The number of aryl methyl sites for hydroxylation is 1. The van der Waals surface area contributed by atoms with Gasteiger partial charge in [0, 0.05) is 13.6 Å². The molecule has 0 aliphatic rings. The van der Waals surface area contributed by atoms with Gasteiger partial charge >= 0.3 is 0 Å². The quantitative estimate of drug-likeness (QED) is 0.797. The van der Waals surface area contributed by atoms with Gasteiger partial charge in [-0.15, -0.1) is 0 Å². The van der Waals surface area contributed by atoms with E-state index < -0.39 is 0 Å². The summed E-state index contributed by atoms with van der Waals surface area (Å²) in [6.45, 7) is 3.01. The van der Waals surface area contributed by atoms with E-state index in [1.165, 1.54) is 0 Å². The monoisotopic (exact) mass is 267 g/mol. The zero-order valence-electron chi connectivity index (χ0n) is 10.6. The molecule has 18 heavy (non-hydrogen) atoms. The van der Waals surface area contributed by atoms with Gasteiger partial charge in [-0.05, 0) is 6.42 Å². The van der Waals surface area contributed by atoms with E-state index in [0.717, 1.165) is 35.4 Å². The normalized spacial score (nSPS) is 11.1. The first-order chi connectivity index (χ1) is 8.76. The fraction of sp³-hybridized carbons (Fsp3) is 0.545. The minimum atomic E-state index is 0.01000. The first-order valence-corrected chi connectivity index (χ1v) is 6.85. The van der Waals surface area contributed by atoms with Gasteiger partial charge in [0.05, 0.1) is 24.3 Å². The Bertz CT molecular complexity index is 507. The number of aliphatic hydroxyl groups is 1. The van der Waals surface area contributed by atoms with E-state index in [0.29, 0.717) is 0 Å². The van der Waals surface area contributed by atoms with Gasteiger partial charge in [-0.1, -0.05) is 18.7 Å². The zero-order valence-corrected chi connectivity index (χ0v) is 11.4. The van der Waals surface area contributed by atoms with Crippen LogP contribution in [0.25, 0.3) is 0 Å². The molecule has 0 saturated heterocycles. The first-order valence-electron chi connectivity index (χ1n) is 5.87. The highest BCUT2D eigenvalue weighted by Gasteiger charge is 2.09. The summed E-state index contributed by atoms with van der Waals surface area (Å²) in [5.41, 5.74) is 0.813. The summed E-state index contributed by atoms with van der Waals surface area (Å²) in [5, 5.41) is 14.2. The summed E-state index contributed by atoms with van der Waals surface area (Å²) in [6.07, 6.45) is 4.32. The molecular formula is C11H17N5OS. The molecule has 2 aromatic rings. The molecule has 1 N–H and O–H groups in total. The molecule has 0 radical (unpaired) electrons. The third-order valence-corrected chi connectivity index (χ3v) is 3.71. The Morgan fingerprint density at radius 2 is 2.22 bits per heavy atom. The Kier molecular flexibility index (Phi) is 4.38. The van der Waals surface area contributed by atoms with Crippen LogP contribution in [0.15, 0.2) is 17.7 Å². The molecule has 7 heteroatoms. The van der Waals surface area contributed by atoms with E-state index in [1.807, 2.05) is 16.3 Å². The summed E-state index contributed by atoms with van der Waals surface area (Å²) in [6, 6.07) is 0. The van der Waals surface area contributed by atoms with Gasteiger partial charge in [-0.3, -0.25) is 0 Å². The average Bonchev–Trinajstić information content (AvgIpc) is 2.94. The van der Waals surface area contributed by atoms with Crippen LogP contribution >= 0.6 is 11.8 Å². The highest BCUT2D eigenvalue weighted by atomic mass is 32.2. The second-order valence-corrected chi connectivity index (χ2v) is 4.88. The number of hydrogen-bond donors (Lipinski definition) is 1. The zero-order chi connectivity index (χ0) is 13.0. The maximum Gasteiger partial charge on any atom is 0.168 e. The van der Waals surface area contributed by atoms with Crippen molar-refractivity contribution in [2.24, 2.45) is 7.05 Å². The second-order valence-electron chi connectivity index (χ2n) is 3.94. The molecular weight excluding hydrogens is 250 g/mol. The molecule has 0 aliphatic heterocycles. The lowest BCUT2D eigenvalue weighted by atomic mass is 10.5. The Labute approximate surface area is 110 Å². The van der Waals surface area contributed by atoms with Crippen LogP contribution in [0, 0.1) is 0 Å². The minimum Gasteiger partial charge on any atom is -0.390 e. The SMILES string of the molecule is CCCn1ncnc1CSc1ncc(CO)n1C. The summed E-state index contributed by atoms with van der Waals surface area (Å²) < 4.78 is 3.81. The molecule has 0 saturated carbocycles. The van der Waals surface area contributed by atoms with Gasteiger partial charge in [0.25, 0.3) is 0 Å². The van der Waals surface area contributed by atoms with E-state index in [-0.39, 0.29) is 6.61 Å². The van der Waals surface area contributed by atoms with E-state index in [1.54, 1.807) is 24.3 Å². The number of aromatic nitrogens is 5. The molecule has 0 spiro atoms. The third-order valence-electron chi connectivity index (χ3n) is 2.67. The maximum absolute atomic E-state index is 9.10. The molecule has 2 aromatic heterocycles. The Morgan fingerprint density at radius 3 is 2.89 bits per heavy atom. The number of nitrogens with zero attached hydrogens (tertiary/aromatic N) is 5. The van der Waals surface area contributed by atoms with Gasteiger partial charge in [-0.25, -0.2) is 14.6 Å². The van der Waals surface area contributed by atoms with Gasteiger partial charge in [0.15, 0.2) is 5.16 Å². The summed E-state index contributed by atoms with van der Waals surface area (Å²) in [7, 11) is 1.90. The number of aliphatic hydroxyl groups excluding tert-OH is 1. The standard InChI is InChI=1S/C11H17N5OS/c1-3-4-16-10(13-8-14-16)7-18-11-12-5-9(6-17)15(11)2/h5,8,17H,3-4,6-7H2,1-2H3. The number of thioether (sulfide) groups is 1. The average molecular weight is 267 g/mol. The van der Waals surface area contributed by atoms with E-state index in [9.17, 15) is 0 Å². The number of rotatable bonds is 6. The highest BCUT2D eigenvalue weighted by molar-refractivity contribution is 7.98. The molecule has 2 rings (SSSR count). The van der Waals surface area contributed by atoms with Gasteiger partial charge in [0.1, 0.15) is 12.2 Å². The Balaban J connectivity index is 2.02. The predicted molar refractivity (Wildman–Crippen MR) is 69.0 cm³/mol. The molecule has 0 aromatic carbocycles. The smallest absolute Gasteiger partial charge is 0.168 e. The lowest BCUT2D eigenvalue weighted by Gasteiger charge is -2.05. The lowest BCUT2D eigenvalue weighted by molar-refractivity contribution is 0.271. The fourth-order valence-electron chi connectivity index (χ4n) is 1.63. The van der Waals surface area contributed by atoms with E-state index in [4.69, 9.17) is 5.11 Å².